The molecule has 1 aromatic rings. The van der Waals surface area contributed by atoms with Crippen LogP contribution >= 0.6 is 11.3 Å². The second-order valence-corrected chi connectivity index (χ2v) is 7.44. The molecule has 1 aliphatic heterocycles. The predicted molar refractivity (Wildman–Crippen MR) is 81.8 cm³/mol. The van der Waals surface area contributed by atoms with E-state index in [1.54, 1.807) is 11.3 Å². The molecule has 1 saturated carbocycles. The van der Waals surface area contributed by atoms with E-state index in [-0.39, 0.29) is 6.04 Å². The van der Waals surface area contributed by atoms with Gasteiger partial charge in [0.05, 0.1) is 5.69 Å². The molecule has 0 aromatic carbocycles. The summed E-state index contributed by atoms with van der Waals surface area (Å²) in [5.74, 6) is 0. The van der Waals surface area contributed by atoms with E-state index in [9.17, 15) is 0 Å². The Morgan fingerprint density at radius 2 is 1.84 bits per heavy atom. The van der Waals surface area contributed by atoms with Gasteiger partial charge in [-0.05, 0) is 44.9 Å². The van der Waals surface area contributed by atoms with Gasteiger partial charge in [0.25, 0.3) is 0 Å². The topological polar surface area (TPSA) is 42.2 Å². The maximum Gasteiger partial charge on any atom is 0.185 e. The number of nitrogens with zero attached hydrogens (tertiary/aromatic N) is 2. The molecule has 2 heterocycles. The van der Waals surface area contributed by atoms with Crippen LogP contribution in [0.2, 0.25) is 0 Å². The van der Waals surface area contributed by atoms with E-state index in [1.807, 2.05) is 6.92 Å². The summed E-state index contributed by atoms with van der Waals surface area (Å²) in [7, 11) is 0. The molecule has 0 amide bonds. The Balaban J connectivity index is 1.69. The first-order valence-electron chi connectivity index (χ1n) is 7.58. The molecule has 2 N–H and O–H groups in total. The lowest BCUT2D eigenvalue weighted by atomic mass is 9.77. The van der Waals surface area contributed by atoms with E-state index in [2.05, 4.69) is 11.8 Å². The molecule has 0 radical (unpaired) electrons. The second kappa shape index (κ2) is 5.06. The third-order valence-corrected chi connectivity index (χ3v) is 6.41. The highest BCUT2D eigenvalue weighted by Crippen LogP contribution is 2.47. The molecule has 3 nitrogen and oxygen atoms in total. The molecule has 3 rings (SSSR count). The van der Waals surface area contributed by atoms with Gasteiger partial charge in [-0.2, -0.15) is 0 Å². The van der Waals surface area contributed by atoms with Gasteiger partial charge in [-0.15, -0.1) is 11.3 Å². The van der Waals surface area contributed by atoms with Crippen molar-refractivity contribution in [1.82, 2.24) is 4.98 Å². The quantitative estimate of drug-likeness (QED) is 0.899. The Labute approximate surface area is 120 Å². The summed E-state index contributed by atoms with van der Waals surface area (Å²) in [6, 6.07) is 0.109. The zero-order valence-electron chi connectivity index (χ0n) is 12.1. The van der Waals surface area contributed by atoms with Crippen LogP contribution in [-0.4, -0.2) is 18.1 Å². The summed E-state index contributed by atoms with van der Waals surface area (Å²) < 4.78 is 0. The van der Waals surface area contributed by atoms with Crippen molar-refractivity contribution < 1.29 is 0 Å². The summed E-state index contributed by atoms with van der Waals surface area (Å²) in [4.78, 5) is 8.46. The maximum absolute atomic E-state index is 6.00. The number of aromatic nitrogens is 1. The Kier molecular flexibility index (Phi) is 3.56. The Morgan fingerprint density at radius 1 is 1.21 bits per heavy atom. The standard InChI is InChI=1S/C15H25N3S/c1-11(16)13-12(2)17-14(19-13)18-9-7-15(8-10-18)5-3-4-6-15/h11H,3-10,16H2,1-2H3. The summed E-state index contributed by atoms with van der Waals surface area (Å²) in [5.41, 5.74) is 7.81. The third kappa shape index (κ3) is 2.52. The molecule has 0 bridgehead atoms. The molecular formula is C15H25N3S. The molecule has 19 heavy (non-hydrogen) atoms. The van der Waals surface area contributed by atoms with Crippen LogP contribution in [0.4, 0.5) is 5.13 Å². The minimum atomic E-state index is 0.109. The fourth-order valence-electron chi connectivity index (χ4n) is 3.75. The van der Waals surface area contributed by atoms with Crippen molar-refractivity contribution in [2.45, 2.75) is 58.4 Å². The van der Waals surface area contributed by atoms with Gasteiger partial charge >= 0.3 is 0 Å². The molecule has 2 aliphatic rings. The highest BCUT2D eigenvalue weighted by atomic mass is 32.1. The average molecular weight is 279 g/mol. The van der Waals surface area contributed by atoms with E-state index in [0.717, 1.165) is 5.69 Å². The SMILES string of the molecule is Cc1nc(N2CCC3(CCCC3)CC2)sc1C(C)N. The summed E-state index contributed by atoms with van der Waals surface area (Å²) in [5, 5.41) is 1.19. The first kappa shape index (κ1) is 13.4. The molecule has 1 aromatic heterocycles. The molecule has 4 heteroatoms. The molecule has 1 aliphatic carbocycles. The van der Waals surface area contributed by atoms with Gasteiger partial charge in [0.2, 0.25) is 0 Å². The van der Waals surface area contributed by atoms with Crippen molar-refractivity contribution in [3.63, 3.8) is 0 Å². The van der Waals surface area contributed by atoms with Gasteiger partial charge < -0.3 is 10.6 Å². The fourth-order valence-corrected chi connectivity index (χ4v) is 4.82. The van der Waals surface area contributed by atoms with Crippen molar-refractivity contribution in [3.8, 4) is 0 Å². The number of anilines is 1. The van der Waals surface area contributed by atoms with Crippen LogP contribution < -0.4 is 10.6 Å². The zero-order valence-corrected chi connectivity index (χ0v) is 12.9. The lowest BCUT2D eigenvalue weighted by Gasteiger charge is -2.39. The van der Waals surface area contributed by atoms with Gasteiger partial charge in [-0.25, -0.2) is 4.98 Å². The van der Waals surface area contributed by atoms with Crippen molar-refractivity contribution in [2.75, 3.05) is 18.0 Å². The molecule has 1 spiro atoms. The minimum absolute atomic E-state index is 0.109. The normalized spacial score (nSPS) is 24.1. The van der Waals surface area contributed by atoms with Crippen molar-refractivity contribution in [2.24, 2.45) is 11.1 Å². The largest absolute Gasteiger partial charge is 0.348 e. The van der Waals surface area contributed by atoms with E-state index in [0.29, 0.717) is 5.41 Å². The van der Waals surface area contributed by atoms with Gasteiger partial charge in [0.15, 0.2) is 5.13 Å². The van der Waals surface area contributed by atoms with Crippen LogP contribution in [-0.2, 0) is 0 Å². The molecule has 1 unspecified atom stereocenters. The molecule has 1 saturated heterocycles. The number of thiazole rings is 1. The monoisotopic (exact) mass is 279 g/mol. The van der Waals surface area contributed by atoms with Gasteiger partial charge in [0.1, 0.15) is 0 Å². The maximum atomic E-state index is 6.00. The smallest absolute Gasteiger partial charge is 0.185 e. The van der Waals surface area contributed by atoms with Crippen molar-refractivity contribution in [3.05, 3.63) is 10.6 Å². The van der Waals surface area contributed by atoms with Crippen LogP contribution in [0, 0.1) is 12.3 Å². The second-order valence-electron chi connectivity index (χ2n) is 6.43. The number of nitrogens with two attached hydrogens (primary N) is 1. The van der Waals surface area contributed by atoms with Crippen LogP contribution in [0.25, 0.3) is 0 Å². The first-order valence-corrected chi connectivity index (χ1v) is 8.39. The number of hydrogen-bond donors (Lipinski definition) is 1. The molecule has 2 fully saturated rings. The Hall–Kier alpha value is -0.610. The Morgan fingerprint density at radius 3 is 2.37 bits per heavy atom. The average Bonchev–Trinajstić information content (AvgIpc) is 2.98. The van der Waals surface area contributed by atoms with E-state index < -0.39 is 0 Å². The number of hydrogen-bond acceptors (Lipinski definition) is 4. The Bertz CT molecular complexity index is 436. The molecule has 1 atom stereocenters. The zero-order chi connectivity index (χ0) is 13.5. The van der Waals surface area contributed by atoms with E-state index in [1.165, 1.54) is 61.6 Å². The van der Waals surface area contributed by atoms with Crippen LogP contribution in [0.5, 0.6) is 0 Å². The summed E-state index contributed by atoms with van der Waals surface area (Å²) in [6.45, 7) is 6.51. The molecular weight excluding hydrogens is 254 g/mol. The molecule has 106 valence electrons. The van der Waals surface area contributed by atoms with Gasteiger partial charge in [-0.3, -0.25) is 0 Å². The van der Waals surface area contributed by atoms with Crippen LogP contribution in [0.15, 0.2) is 0 Å². The number of rotatable bonds is 2. The lowest BCUT2D eigenvalue weighted by Crippen LogP contribution is -2.38. The lowest BCUT2D eigenvalue weighted by molar-refractivity contribution is 0.226. The van der Waals surface area contributed by atoms with Gasteiger partial charge in [0, 0.05) is 24.0 Å². The predicted octanol–water partition coefficient (Wildman–Crippen LogP) is 3.63. The highest BCUT2D eigenvalue weighted by Gasteiger charge is 2.37. The van der Waals surface area contributed by atoms with E-state index >= 15 is 0 Å². The summed E-state index contributed by atoms with van der Waals surface area (Å²) in [6.07, 6.45) is 8.54. The van der Waals surface area contributed by atoms with Crippen LogP contribution in [0.3, 0.4) is 0 Å². The minimum Gasteiger partial charge on any atom is -0.348 e. The number of piperidine rings is 1. The van der Waals surface area contributed by atoms with E-state index in [4.69, 9.17) is 10.7 Å². The van der Waals surface area contributed by atoms with Gasteiger partial charge in [-0.1, -0.05) is 12.8 Å². The van der Waals surface area contributed by atoms with Crippen LogP contribution in [0.1, 0.15) is 62.1 Å². The number of aryl methyl sites for hydroxylation is 1. The summed E-state index contributed by atoms with van der Waals surface area (Å²) >= 11 is 1.79. The van der Waals surface area contributed by atoms with Crippen molar-refractivity contribution in [1.29, 1.82) is 0 Å². The first-order chi connectivity index (χ1) is 9.10. The highest BCUT2D eigenvalue weighted by molar-refractivity contribution is 7.15. The third-order valence-electron chi connectivity index (χ3n) is 4.99. The van der Waals surface area contributed by atoms with Crippen molar-refractivity contribution >= 4 is 16.5 Å². The fraction of sp³-hybridized carbons (Fsp3) is 0.800.